The Labute approximate surface area is 165 Å². The van der Waals surface area contributed by atoms with E-state index in [1.54, 1.807) is 29.2 Å². The number of hydrogen-bond donors (Lipinski definition) is 2. The molecule has 0 aliphatic carbocycles. The summed E-state index contributed by atoms with van der Waals surface area (Å²) in [7, 11) is 0. The second-order valence-corrected chi connectivity index (χ2v) is 7.45. The second kappa shape index (κ2) is 9.54. The molecular weight excluding hydrogens is 358 g/mol. The lowest BCUT2D eigenvalue weighted by atomic mass is 10.0. The lowest BCUT2D eigenvalue weighted by Gasteiger charge is -2.38. The molecule has 2 heterocycles. The molecule has 1 aromatic carbocycles. The fourth-order valence-corrected chi connectivity index (χ4v) is 3.71. The fourth-order valence-electron chi connectivity index (χ4n) is 3.71. The standard InChI is InChI=1S/C20H29N5O3/c1-16-7-5-6-10-25(16)18(26)15-23-11-13-24(14-12-23)20(28)22-21-19(27)17-8-3-2-4-9-17/h2-4,8-9,16H,5-7,10-15H2,1H3,(H,21,27)(H,22,28). The molecule has 152 valence electrons. The Morgan fingerprint density at radius 3 is 2.36 bits per heavy atom. The highest BCUT2D eigenvalue weighted by atomic mass is 16.2. The molecule has 2 aliphatic heterocycles. The number of carbonyl (C=O) groups excluding carboxylic acids is 3. The zero-order valence-electron chi connectivity index (χ0n) is 16.4. The predicted octanol–water partition coefficient (Wildman–Crippen LogP) is 1.06. The van der Waals surface area contributed by atoms with Crippen molar-refractivity contribution in [2.45, 2.75) is 32.2 Å². The van der Waals surface area contributed by atoms with Crippen molar-refractivity contribution in [3.63, 3.8) is 0 Å². The molecule has 0 radical (unpaired) electrons. The predicted molar refractivity (Wildman–Crippen MR) is 105 cm³/mol. The van der Waals surface area contributed by atoms with Gasteiger partial charge in [-0.15, -0.1) is 0 Å². The maximum absolute atomic E-state index is 12.5. The number of hydrogen-bond acceptors (Lipinski definition) is 4. The normalized spacial score (nSPS) is 20.5. The number of rotatable bonds is 3. The van der Waals surface area contributed by atoms with Gasteiger partial charge >= 0.3 is 6.03 Å². The van der Waals surface area contributed by atoms with Gasteiger partial charge in [0.2, 0.25) is 5.91 Å². The van der Waals surface area contributed by atoms with Gasteiger partial charge in [0.15, 0.2) is 0 Å². The maximum Gasteiger partial charge on any atom is 0.336 e. The zero-order valence-corrected chi connectivity index (χ0v) is 16.4. The molecule has 0 saturated carbocycles. The van der Waals surface area contributed by atoms with Gasteiger partial charge in [-0.3, -0.25) is 19.9 Å². The average Bonchev–Trinajstić information content (AvgIpc) is 2.73. The minimum Gasteiger partial charge on any atom is -0.339 e. The van der Waals surface area contributed by atoms with Gasteiger partial charge in [-0.1, -0.05) is 18.2 Å². The van der Waals surface area contributed by atoms with Crippen molar-refractivity contribution in [1.29, 1.82) is 0 Å². The number of nitrogens with zero attached hydrogens (tertiary/aromatic N) is 3. The van der Waals surface area contributed by atoms with Crippen LogP contribution < -0.4 is 10.9 Å². The summed E-state index contributed by atoms with van der Waals surface area (Å²) < 4.78 is 0. The van der Waals surface area contributed by atoms with Crippen LogP contribution in [0.1, 0.15) is 36.5 Å². The summed E-state index contributed by atoms with van der Waals surface area (Å²) >= 11 is 0. The monoisotopic (exact) mass is 387 g/mol. The third-order valence-corrected chi connectivity index (χ3v) is 5.46. The molecule has 8 heteroatoms. The third-order valence-electron chi connectivity index (χ3n) is 5.46. The lowest BCUT2D eigenvalue weighted by Crippen LogP contribution is -2.56. The molecule has 2 fully saturated rings. The molecule has 1 aromatic rings. The van der Waals surface area contributed by atoms with Gasteiger partial charge in [0.25, 0.3) is 5.91 Å². The van der Waals surface area contributed by atoms with E-state index in [4.69, 9.17) is 0 Å². The van der Waals surface area contributed by atoms with Gasteiger partial charge in [0.1, 0.15) is 0 Å². The molecular formula is C20H29N5O3. The summed E-state index contributed by atoms with van der Waals surface area (Å²) in [6, 6.07) is 8.71. The number of amides is 4. The smallest absolute Gasteiger partial charge is 0.336 e. The van der Waals surface area contributed by atoms with Crippen molar-refractivity contribution in [2.24, 2.45) is 0 Å². The summed E-state index contributed by atoms with van der Waals surface area (Å²) in [6.07, 6.45) is 3.35. The summed E-state index contributed by atoms with van der Waals surface area (Å²) in [4.78, 5) is 42.5. The van der Waals surface area contributed by atoms with E-state index in [9.17, 15) is 14.4 Å². The topological polar surface area (TPSA) is 85.0 Å². The van der Waals surface area contributed by atoms with Crippen molar-refractivity contribution >= 4 is 17.8 Å². The first-order valence-electron chi connectivity index (χ1n) is 9.96. The molecule has 4 amide bonds. The summed E-state index contributed by atoms with van der Waals surface area (Å²) in [5.41, 5.74) is 5.37. The molecule has 0 bridgehead atoms. The highest BCUT2D eigenvalue weighted by Gasteiger charge is 2.27. The number of benzene rings is 1. The Morgan fingerprint density at radius 1 is 0.964 bits per heavy atom. The van der Waals surface area contributed by atoms with Crippen molar-refractivity contribution in [3.05, 3.63) is 35.9 Å². The lowest BCUT2D eigenvalue weighted by molar-refractivity contribution is -0.136. The van der Waals surface area contributed by atoms with Crippen LogP contribution in [-0.4, -0.2) is 77.9 Å². The van der Waals surface area contributed by atoms with E-state index in [1.807, 2.05) is 11.0 Å². The number of piperidine rings is 1. The number of urea groups is 1. The Kier molecular flexibility index (Phi) is 6.86. The van der Waals surface area contributed by atoms with Crippen LogP contribution in [-0.2, 0) is 4.79 Å². The zero-order chi connectivity index (χ0) is 19.9. The number of hydrazine groups is 1. The molecule has 2 N–H and O–H groups in total. The van der Waals surface area contributed by atoms with Crippen LogP contribution in [0, 0.1) is 0 Å². The van der Waals surface area contributed by atoms with Crippen LogP contribution in [0.3, 0.4) is 0 Å². The van der Waals surface area contributed by atoms with Gasteiger partial charge in [-0.05, 0) is 38.3 Å². The highest BCUT2D eigenvalue weighted by Crippen LogP contribution is 2.17. The summed E-state index contributed by atoms with van der Waals surface area (Å²) in [5, 5.41) is 0. The quantitative estimate of drug-likeness (QED) is 0.760. The van der Waals surface area contributed by atoms with E-state index < -0.39 is 0 Å². The van der Waals surface area contributed by atoms with Gasteiger partial charge in [-0.25, -0.2) is 10.2 Å². The minimum absolute atomic E-state index is 0.181. The molecule has 8 nitrogen and oxygen atoms in total. The van der Waals surface area contributed by atoms with Gasteiger partial charge in [0, 0.05) is 44.3 Å². The van der Waals surface area contributed by atoms with Crippen molar-refractivity contribution in [3.8, 4) is 0 Å². The SMILES string of the molecule is CC1CCCCN1C(=O)CN1CCN(C(=O)NNC(=O)c2ccccc2)CC1. The Bertz CT molecular complexity index is 688. The molecule has 2 aliphatic rings. The van der Waals surface area contributed by atoms with Crippen LogP contribution in [0.4, 0.5) is 4.79 Å². The largest absolute Gasteiger partial charge is 0.339 e. The molecule has 0 spiro atoms. The Hall–Kier alpha value is -2.61. The molecule has 1 unspecified atom stereocenters. The Morgan fingerprint density at radius 2 is 1.68 bits per heavy atom. The second-order valence-electron chi connectivity index (χ2n) is 7.45. The average molecular weight is 387 g/mol. The van der Waals surface area contributed by atoms with Crippen molar-refractivity contribution < 1.29 is 14.4 Å². The van der Waals surface area contributed by atoms with Crippen LogP contribution in [0.25, 0.3) is 0 Å². The molecule has 1 atom stereocenters. The van der Waals surface area contributed by atoms with Crippen molar-refractivity contribution in [2.75, 3.05) is 39.3 Å². The molecule has 3 rings (SSSR count). The minimum atomic E-state index is -0.353. The van der Waals surface area contributed by atoms with Crippen molar-refractivity contribution in [1.82, 2.24) is 25.6 Å². The van der Waals surface area contributed by atoms with E-state index in [2.05, 4.69) is 22.7 Å². The number of carbonyl (C=O) groups is 3. The number of likely N-dealkylation sites (tertiary alicyclic amines) is 1. The van der Waals surface area contributed by atoms with Crippen LogP contribution in [0.5, 0.6) is 0 Å². The fraction of sp³-hybridized carbons (Fsp3) is 0.550. The van der Waals surface area contributed by atoms with E-state index in [-0.39, 0.29) is 17.8 Å². The highest BCUT2D eigenvalue weighted by molar-refractivity contribution is 5.95. The van der Waals surface area contributed by atoms with E-state index in [1.165, 1.54) is 6.42 Å². The van der Waals surface area contributed by atoms with E-state index in [0.717, 1.165) is 19.4 Å². The van der Waals surface area contributed by atoms with Gasteiger partial charge in [0.05, 0.1) is 6.54 Å². The van der Waals surface area contributed by atoms with E-state index in [0.29, 0.717) is 44.3 Å². The van der Waals surface area contributed by atoms with Gasteiger partial charge < -0.3 is 9.80 Å². The number of piperazine rings is 1. The van der Waals surface area contributed by atoms with Gasteiger partial charge in [-0.2, -0.15) is 0 Å². The molecule has 2 saturated heterocycles. The first-order chi connectivity index (χ1) is 13.5. The summed E-state index contributed by atoms with van der Waals surface area (Å²) in [6.45, 7) is 5.71. The maximum atomic E-state index is 12.5. The first-order valence-corrected chi connectivity index (χ1v) is 9.96. The third kappa shape index (κ3) is 5.22. The summed E-state index contributed by atoms with van der Waals surface area (Å²) in [5.74, 6) is -0.172. The number of nitrogens with one attached hydrogen (secondary N) is 2. The first kappa shape index (κ1) is 20.1. The molecule has 28 heavy (non-hydrogen) atoms. The van der Waals surface area contributed by atoms with Crippen LogP contribution >= 0.6 is 0 Å². The van der Waals surface area contributed by atoms with Crippen LogP contribution in [0.2, 0.25) is 0 Å². The molecule has 0 aromatic heterocycles. The van der Waals surface area contributed by atoms with Crippen LogP contribution in [0.15, 0.2) is 30.3 Å². The van der Waals surface area contributed by atoms with E-state index >= 15 is 0 Å². The Balaban J connectivity index is 1.39.